The third-order valence-corrected chi connectivity index (χ3v) is 6.45. The maximum absolute atomic E-state index is 3.67. The molecule has 4 aromatic carbocycles. The third kappa shape index (κ3) is 2.65. The second kappa shape index (κ2) is 6.46. The minimum Gasteiger partial charge on any atom is -0.0622 e. The van der Waals surface area contributed by atoms with Crippen molar-refractivity contribution in [3.8, 4) is 33.4 Å². The first kappa shape index (κ1) is 17.5. The van der Waals surface area contributed by atoms with Crippen LogP contribution in [0.1, 0.15) is 25.0 Å². The highest BCUT2D eigenvalue weighted by Crippen LogP contribution is 2.50. The van der Waals surface area contributed by atoms with Crippen molar-refractivity contribution in [2.45, 2.75) is 19.3 Å². The summed E-state index contributed by atoms with van der Waals surface area (Å²) in [4.78, 5) is 0. The molecule has 0 saturated carbocycles. The van der Waals surface area contributed by atoms with Crippen molar-refractivity contribution in [3.05, 3.63) is 107 Å². The molecule has 0 N–H and O–H groups in total. The Morgan fingerprint density at radius 2 is 1.21 bits per heavy atom. The number of halogens is 1. The first-order valence-electron chi connectivity index (χ1n) is 9.65. The van der Waals surface area contributed by atoms with Crippen LogP contribution in [0.5, 0.6) is 0 Å². The molecule has 28 heavy (non-hydrogen) atoms. The van der Waals surface area contributed by atoms with E-state index in [0.29, 0.717) is 0 Å². The van der Waals surface area contributed by atoms with Gasteiger partial charge in [0.2, 0.25) is 0 Å². The Morgan fingerprint density at radius 3 is 2.04 bits per heavy atom. The monoisotopic (exact) mass is 424 g/mol. The molecular formula is C27H21Br. The van der Waals surface area contributed by atoms with Gasteiger partial charge in [0.1, 0.15) is 0 Å². The van der Waals surface area contributed by atoms with E-state index in [1.807, 2.05) is 0 Å². The van der Waals surface area contributed by atoms with E-state index < -0.39 is 0 Å². The van der Waals surface area contributed by atoms with Gasteiger partial charge in [0.25, 0.3) is 0 Å². The molecule has 0 fully saturated rings. The maximum atomic E-state index is 3.67. The van der Waals surface area contributed by atoms with Crippen LogP contribution in [0.2, 0.25) is 0 Å². The topological polar surface area (TPSA) is 0 Å². The summed E-state index contributed by atoms with van der Waals surface area (Å²) < 4.78 is 1.10. The van der Waals surface area contributed by atoms with Crippen molar-refractivity contribution in [1.29, 1.82) is 0 Å². The second-order valence-corrected chi connectivity index (χ2v) is 8.90. The Kier molecular flexibility index (Phi) is 4.03. The molecule has 1 aliphatic carbocycles. The van der Waals surface area contributed by atoms with Crippen LogP contribution < -0.4 is 0 Å². The largest absolute Gasteiger partial charge is 0.0622 e. The Hall–Kier alpha value is -2.64. The first-order chi connectivity index (χ1) is 13.6. The normalized spacial score (nSPS) is 13.8. The molecule has 136 valence electrons. The average Bonchev–Trinajstić information content (AvgIpc) is 2.96. The summed E-state index contributed by atoms with van der Waals surface area (Å²) in [5.41, 5.74) is 10.6. The molecule has 0 bridgehead atoms. The van der Waals surface area contributed by atoms with Crippen LogP contribution in [0, 0.1) is 0 Å². The van der Waals surface area contributed by atoms with Crippen LogP contribution in [0.3, 0.4) is 0 Å². The van der Waals surface area contributed by atoms with E-state index in [1.54, 1.807) is 0 Å². The standard InChI is InChI=1S/C27H21Br/c1-27(2)25-11-7-6-10-22(25)23-14-12-19(16-26(23)27)24-17-20(28)13-15-21(24)18-8-4-3-5-9-18/h3-17H,1-2H3. The number of fused-ring (bicyclic) bond motifs is 3. The minimum atomic E-state index is 0.0147. The highest BCUT2D eigenvalue weighted by Gasteiger charge is 2.35. The second-order valence-electron chi connectivity index (χ2n) is 7.99. The third-order valence-electron chi connectivity index (χ3n) is 5.96. The lowest BCUT2D eigenvalue weighted by Gasteiger charge is -2.22. The van der Waals surface area contributed by atoms with Gasteiger partial charge in [-0.05, 0) is 62.7 Å². The molecule has 0 spiro atoms. The first-order valence-corrected chi connectivity index (χ1v) is 10.4. The van der Waals surface area contributed by atoms with Crippen molar-refractivity contribution in [2.75, 3.05) is 0 Å². The van der Waals surface area contributed by atoms with Gasteiger partial charge in [-0.15, -0.1) is 0 Å². The van der Waals surface area contributed by atoms with Crippen molar-refractivity contribution >= 4 is 15.9 Å². The van der Waals surface area contributed by atoms with Crippen molar-refractivity contribution in [2.24, 2.45) is 0 Å². The zero-order valence-electron chi connectivity index (χ0n) is 16.0. The van der Waals surface area contributed by atoms with Gasteiger partial charge in [-0.2, -0.15) is 0 Å². The molecule has 1 heteroatoms. The van der Waals surface area contributed by atoms with Crippen molar-refractivity contribution < 1.29 is 0 Å². The smallest absolute Gasteiger partial charge is 0.0181 e. The lowest BCUT2D eigenvalue weighted by molar-refractivity contribution is 0.660. The van der Waals surface area contributed by atoms with Crippen molar-refractivity contribution in [1.82, 2.24) is 0 Å². The van der Waals surface area contributed by atoms with E-state index in [9.17, 15) is 0 Å². The fraction of sp³-hybridized carbons (Fsp3) is 0.111. The zero-order valence-corrected chi connectivity index (χ0v) is 17.6. The van der Waals surface area contributed by atoms with Crippen LogP contribution in [0.25, 0.3) is 33.4 Å². The molecular weight excluding hydrogens is 404 g/mol. The Morgan fingerprint density at radius 1 is 0.536 bits per heavy atom. The zero-order chi connectivity index (χ0) is 19.3. The van der Waals surface area contributed by atoms with E-state index in [2.05, 4.69) is 121 Å². The van der Waals surface area contributed by atoms with Crippen LogP contribution in [-0.4, -0.2) is 0 Å². The van der Waals surface area contributed by atoms with Gasteiger partial charge in [0.15, 0.2) is 0 Å². The fourth-order valence-corrected chi connectivity index (χ4v) is 4.86. The molecule has 0 amide bonds. The number of rotatable bonds is 2. The average molecular weight is 425 g/mol. The molecule has 4 aromatic rings. The van der Waals surface area contributed by atoms with Crippen LogP contribution in [0.15, 0.2) is 95.5 Å². The molecule has 0 nitrogen and oxygen atoms in total. The molecule has 0 radical (unpaired) electrons. The van der Waals surface area contributed by atoms with Gasteiger partial charge in [0.05, 0.1) is 0 Å². The molecule has 0 aliphatic heterocycles. The highest BCUT2D eigenvalue weighted by molar-refractivity contribution is 9.10. The Balaban J connectivity index is 1.72. The fourth-order valence-electron chi connectivity index (χ4n) is 4.50. The lowest BCUT2D eigenvalue weighted by Crippen LogP contribution is -2.14. The van der Waals surface area contributed by atoms with Crippen molar-refractivity contribution in [3.63, 3.8) is 0 Å². The summed E-state index contributed by atoms with van der Waals surface area (Å²) in [7, 11) is 0. The molecule has 5 rings (SSSR count). The number of hydrogen-bond acceptors (Lipinski definition) is 0. The Bertz CT molecular complexity index is 1190. The van der Waals surface area contributed by atoms with E-state index in [1.165, 1.54) is 44.5 Å². The summed E-state index contributed by atoms with van der Waals surface area (Å²) in [6.07, 6.45) is 0. The summed E-state index contributed by atoms with van der Waals surface area (Å²) >= 11 is 3.67. The molecule has 0 atom stereocenters. The predicted molar refractivity (Wildman–Crippen MR) is 123 cm³/mol. The maximum Gasteiger partial charge on any atom is 0.0181 e. The summed E-state index contributed by atoms with van der Waals surface area (Å²) in [5.74, 6) is 0. The SMILES string of the molecule is CC1(C)c2ccccc2-c2ccc(-c3cc(Br)ccc3-c3ccccc3)cc21. The quantitative estimate of drug-likeness (QED) is 0.304. The van der Waals surface area contributed by atoms with Crippen LogP contribution >= 0.6 is 15.9 Å². The number of benzene rings is 4. The molecule has 0 saturated heterocycles. The van der Waals surface area contributed by atoms with Crippen LogP contribution in [-0.2, 0) is 5.41 Å². The van der Waals surface area contributed by atoms with E-state index in [4.69, 9.17) is 0 Å². The summed E-state index contributed by atoms with van der Waals surface area (Å²) in [5, 5.41) is 0. The van der Waals surface area contributed by atoms with Gasteiger partial charge >= 0.3 is 0 Å². The van der Waals surface area contributed by atoms with Gasteiger partial charge in [-0.25, -0.2) is 0 Å². The van der Waals surface area contributed by atoms with E-state index in [-0.39, 0.29) is 5.41 Å². The van der Waals surface area contributed by atoms with Gasteiger partial charge in [-0.3, -0.25) is 0 Å². The number of hydrogen-bond donors (Lipinski definition) is 0. The minimum absolute atomic E-state index is 0.0147. The van der Waals surface area contributed by atoms with Gasteiger partial charge in [0, 0.05) is 9.89 Å². The van der Waals surface area contributed by atoms with Crippen LogP contribution in [0.4, 0.5) is 0 Å². The lowest BCUT2D eigenvalue weighted by atomic mass is 9.81. The van der Waals surface area contributed by atoms with E-state index in [0.717, 1.165) is 4.47 Å². The van der Waals surface area contributed by atoms with E-state index >= 15 is 0 Å². The molecule has 1 aliphatic rings. The molecule has 0 aromatic heterocycles. The summed E-state index contributed by atoms with van der Waals surface area (Å²) in [6.45, 7) is 4.67. The molecule has 0 unspecified atom stereocenters. The highest BCUT2D eigenvalue weighted by atomic mass is 79.9. The van der Waals surface area contributed by atoms with Gasteiger partial charge < -0.3 is 0 Å². The van der Waals surface area contributed by atoms with Gasteiger partial charge in [-0.1, -0.05) is 103 Å². The Labute approximate surface area is 175 Å². The summed E-state index contributed by atoms with van der Waals surface area (Å²) in [6, 6.07) is 33.0. The predicted octanol–water partition coefficient (Wildman–Crippen LogP) is 8.09. The molecule has 0 heterocycles.